The Morgan fingerprint density at radius 3 is 2.26 bits per heavy atom. The highest BCUT2D eigenvalue weighted by Crippen LogP contribution is 2.52. The maximum absolute atomic E-state index is 12.8. The highest BCUT2D eigenvalue weighted by atomic mass is 32.2. The highest BCUT2D eigenvalue weighted by Gasteiger charge is 2.63. The van der Waals surface area contributed by atoms with Crippen LogP contribution in [-0.4, -0.2) is 25.0 Å². The van der Waals surface area contributed by atoms with Gasteiger partial charge in [0.2, 0.25) is 0 Å². The molecule has 5 nitrogen and oxygen atoms in total. The molecule has 0 unspecified atom stereocenters. The van der Waals surface area contributed by atoms with Crippen molar-refractivity contribution in [2.75, 3.05) is 0 Å². The van der Waals surface area contributed by atoms with E-state index in [1.807, 2.05) is 60.7 Å². The van der Waals surface area contributed by atoms with Gasteiger partial charge in [0, 0.05) is 10.8 Å². The molecule has 2 atom stereocenters. The average Bonchev–Trinajstić information content (AvgIpc) is 3.16. The SMILES string of the molecule is O=C(O)[C@@]1(NS(=O)(=O)c2ccc(-c3ccccc3)s2)C[C@H]1c1ccccc1. The van der Waals surface area contributed by atoms with Gasteiger partial charge in [-0.3, -0.25) is 4.79 Å². The third-order valence-corrected chi connectivity index (χ3v) is 7.90. The van der Waals surface area contributed by atoms with E-state index in [0.29, 0.717) is 0 Å². The molecule has 0 aliphatic heterocycles. The van der Waals surface area contributed by atoms with Crippen LogP contribution in [-0.2, 0) is 14.8 Å². The van der Waals surface area contributed by atoms with Crippen LogP contribution in [0, 0.1) is 0 Å². The Balaban J connectivity index is 1.61. The number of rotatable bonds is 6. The van der Waals surface area contributed by atoms with Crippen molar-refractivity contribution in [3.63, 3.8) is 0 Å². The molecule has 3 aromatic rings. The van der Waals surface area contributed by atoms with E-state index in [4.69, 9.17) is 0 Å². The second kappa shape index (κ2) is 6.60. The summed E-state index contributed by atoms with van der Waals surface area (Å²) >= 11 is 1.13. The molecule has 0 spiro atoms. The predicted molar refractivity (Wildman–Crippen MR) is 104 cm³/mol. The van der Waals surface area contributed by atoms with Crippen molar-refractivity contribution in [2.24, 2.45) is 0 Å². The molecule has 1 aliphatic carbocycles. The van der Waals surface area contributed by atoms with Crippen molar-refractivity contribution in [2.45, 2.75) is 22.1 Å². The number of carboxylic acid groups (broad SMARTS) is 1. The first-order chi connectivity index (χ1) is 12.9. The molecule has 1 saturated carbocycles. The van der Waals surface area contributed by atoms with Gasteiger partial charge in [-0.25, -0.2) is 8.42 Å². The fraction of sp³-hybridized carbons (Fsp3) is 0.150. The summed E-state index contributed by atoms with van der Waals surface area (Å²) in [5.41, 5.74) is 0.251. The fourth-order valence-electron chi connectivity index (χ4n) is 3.26. The maximum Gasteiger partial charge on any atom is 0.325 e. The number of hydrogen-bond acceptors (Lipinski definition) is 4. The van der Waals surface area contributed by atoms with Gasteiger partial charge in [0.1, 0.15) is 9.75 Å². The van der Waals surface area contributed by atoms with Gasteiger partial charge in [0.15, 0.2) is 0 Å². The summed E-state index contributed by atoms with van der Waals surface area (Å²) in [4.78, 5) is 12.7. The van der Waals surface area contributed by atoms with Gasteiger partial charge in [-0.15, -0.1) is 11.3 Å². The molecule has 1 aromatic heterocycles. The molecule has 27 heavy (non-hydrogen) atoms. The van der Waals surface area contributed by atoms with Crippen molar-refractivity contribution in [3.8, 4) is 10.4 Å². The van der Waals surface area contributed by atoms with Crippen molar-refractivity contribution in [3.05, 3.63) is 78.4 Å². The monoisotopic (exact) mass is 399 g/mol. The molecule has 138 valence electrons. The van der Waals surface area contributed by atoms with E-state index in [1.165, 1.54) is 6.07 Å². The quantitative estimate of drug-likeness (QED) is 0.662. The Kier molecular flexibility index (Phi) is 4.38. The van der Waals surface area contributed by atoms with Crippen LogP contribution in [0.4, 0.5) is 0 Å². The van der Waals surface area contributed by atoms with Crippen LogP contribution < -0.4 is 4.72 Å². The van der Waals surface area contributed by atoms with Gasteiger partial charge < -0.3 is 5.11 Å². The van der Waals surface area contributed by atoms with Crippen molar-refractivity contribution >= 4 is 27.3 Å². The molecule has 0 bridgehead atoms. The topological polar surface area (TPSA) is 83.5 Å². The van der Waals surface area contributed by atoms with Crippen molar-refractivity contribution in [1.29, 1.82) is 0 Å². The summed E-state index contributed by atoms with van der Waals surface area (Å²) in [6.07, 6.45) is 0.239. The molecule has 0 radical (unpaired) electrons. The van der Waals surface area contributed by atoms with E-state index in [9.17, 15) is 18.3 Å². The third-order valence-electron chi connectivity index (χ3n) is 4.77. The number of aliphatic carboxylic acids is 1. The molecular weight excluding hydrogens is 382 g/mol. The lowest BCUT2D eigenvalue weighted by Crippen LogP contribution is -2.44. The first-order valence-corrected chi connectivity index (χ1v) is 10.7. The average molecular weight is 399 g/mol. The summed E-state index contributed by atoms with van der Waals surface area (Å²) in [6.45, 7) is 0. The summed E-state index contributed by atoms with van der Waals surface area (Å²) in [5, 5.41) is 9.71. The molecule has 2 aromatic carbocycles. The molecule has 1 heterocycles. The number of carboxylic acids is 1. The van der Waals surface area contributed by atoms with Crippen LogP contribution >= 0.6 is 11.3 Å². The predicted octanol–water partition coefficient (Wildman–Crippen LogP) is 3.70. The molecule has 1 fully saturated rings. The Morgan fingerprint density at radius 2 is 1.63 bits per heavy atom. The summed E-state index contributed by atoms with van der Waals surface area (Å²) in [5.74, 6) is -1.53. The zero-order valence-electron chi connectivity index (χ0n) is 14.2. The Morgan fingerprint density at radius 1 is 1.00 bits per heavy atom. The summed E-state index contributed by atoms with van der Waals surface area (Å²) in [7, 11) is -3.94. The zero-order valence-corrected chi connectivity index (χ0v) is 15.8. The standard InChI is InChI=1S/C20H17NO4S2/c22-19(23)20(13-16(20)14-7-3-1-4-8-14)21-27(24,25)18-12-11-17(26-18)15-9-5-2-6-10-15/h1-12,16,21H,13H2,(H,22,23)/t16-,20+/m0/s1. The molecule has 4 rings (SSSR count). The van der Waals surface area contributed by atoms with Gasteiger partial charge in [-0.2, -0.15) is 4.72 Å². The van der Waals surface area contributed by atoms with E-state index in [2.05, 4.69) is 4.72 Å². The molecule has 0 amide bonds. The zero-order chi connectivity index (χ0) is 19.1. The minimum absolute atomic E-state index is 0.112. The second-order valence-corrected chi connectivity index (χ2v) is 9.53. The number of benzene rings is 2. The second-order valence-electron chi connectivity index (χ2n) is 6.53. The number of nitrogens with one attached hydrogen (secondary N) is 1. The largest absolute Gasteiger partial charge is 0.480 e. The van der Waals surface area contributed by atoms with Crippen LogP contribution in [0.1, 0.15) is 17.9 Å². The molecule has 1 aliphatic rings. The van der Waals surface area contributed by atoms with Gasteiger partial charge >= 0.3 is 5.97 Å². The lowest BCUT2D eigenvalue weighted by Gasteiger charge is -2.14. The lowest BCUT2D eigenvalue weighted by molar-refractivity contribution is -0.140. The Labute approximate surface area is 161 Å². The van der Waals surface area contributed by atoms with Gasteiger partial charge in [0.25, 0.3) is 10.0 Å². The van der Waals surface area contributed by atoms with Gasteiger partial charge in [-0.05, 0) is 29.7 Å². The van der Waals surface area contributed by atoms with E-state index in [1.54, 1.807) is 6.07 Å². The molecule has 2 N–H and O–H groups in total. The highest BCUT2D eigenvalue weighted by molar-refractivity contribution is 7.91. The third kappa shape index (κ3) is 3.29. The minimum atomic E-state index is -3.94. The maximum atomic E-state index is 12.8. The smallest absolute Gasteiger partial charge is 0.325 e. The number of carbonyl (C=O) groups is 1. The number of sulfonamides is 1. The van der Waals surface area contributed by atoms with E-state index in [0.717, 1.165) is 27.3 Å². The number of thiophene rings is 1. The van der Waals surface area contributed by atoms with E-state index < -0.39 is 21.5 Å². The molecule has 7 heteroatoms. The molecular formula is C20H17NO4S2. The van der Waals surface area contributed by atoms with Gasteiger partial charge in [-0.1, -0.05) is 60.7 Å². The molecule has 0 saturated heterocycles. The summed E-state index contributed by atoms with van der Waals surface area (Å²) < 4.78 is 28.3. The lowest BCUT2D eigenvalue weighted by atomic mass is 10.1. The van der Waals surface area contributed by atoms with Crippen molar-refractivity contribution < 1.29 is 18.3 Å². The van der Waals surface area contributed by atoms with Crippen molar-refractivity contribution in [1.82, 2.24) is 4.72 Å². The van der Waals surface area contributed by atoms with Crippen LogP contribution in [0.15, 0.2) is 77.0 Å². The summed E-state index contributed by atoms with van der Waals surface area (Å²) in [6, 6.07) is 21.9. The first-order valence-electron chi connectivity index (χ1n) is 8.40. The Hall–Kier alpha value is -2.48. The van der Waals surface area contributed by atoms with E-state index >= 15 is 0 Å². The van der Waals surface area contributed by atoms with Crippen LogP contribution in [0.3, 0.4) is 0 Å². The fourth-order valence-corrected chi connectivity index (χ4v) is 5.97. The van der Waals surface area contributed by atoms with Crippen LogP contribution in [0.2, 0.25) is 0 Å². The minimum Gasteiger partial charge on any atom is -0.480 e. The van der Waals surface area contributed by atoms with Crippen LogP contribution in [0.25, 0.3) is 10.4 Å². The number of hydrogen-bond donors (Lipinski definition) is 2. The Bertz CT molecular complexity index is 1080. The van der Waals surface area contributed by atoms with E-state index in [-0.39, 0.29) is 16.5 Å². The van der Waals surface area contributed by atoms with Gasteiger partial charge in [0.05, 0.1) is 0 Å². The van der Waals surface area contributed by atoms with Crippen LogP contribution in [0.5, 0.6) is 0 Å². The first kappa shape index (κ1) is 17.9. The normalized spacial score (nSPS) is 21.7.